The Morgan fingerprint density at radius 2 is 2.07 bits per heavy atom. The minimum Gasteiger partial charge on any atom is -0.494 e. The van der Waals surface area contributed by atoms with Crippen LogP contribution in [0.4, 0.5) is 5.69 Å². The van der Waals surface area contributed by atoms with E-state index < -0.39 is 5.91 Å². The highest BCUT2D eigenvalue weighted by Gasteiger charge is 2.10. The number of ether oxygens (including phenoxy) is 1. The van der Waals surface area contributed by atoms with Crippen molar-refractivity contribution in [2.75, 3.05) is 12.4 Å². The molecule has 0 aromatic heterocycles. The molecule has 1 aromatic carbocycles. The molecule has 0 saturated carbocycles. The van der Waals surface area contributed by atoms with Gasteiger partial charge in [-0.25, -0.2) is 0 Å². The summed E-state index contributed by atoms with van der Waals surface area (Å²) in [4.78, 5) is 21.1. The molecule has 0 atom stereocenters. The predicted octanol–water partition coefficient (Wildman–Crippen LogP) is 1.45. The molecule has 0 unspecified atom stereocenters. The van der Waals surface area contributed by atoms with Gasteiger partial charge in [-0.3, -0.25) is 9.59 Å². The minimum absolute atomic E-state index is 0.231. The molecule has 4 nitrogen and oxygen atoms in total. The first kappa shape index (κ1) is 11.2. The molecule has 1 amide bonds. The topological polar surface area (TPSA) is 55.4 Å². The maximum atomic E-state index is 10.9. The number of benzene rings is 1. The van der Waals surface area contributed by atoms with Crippen molar-refractivity contribution in [2.45, 2.75) is 13.8 Å². The Labute approximate surface area is 88.2 Å². The normalized spacial score (nSPS) is 9.53. The van der Waals surface area contributed by atoms with Gasteiger partial charge in [0.25, 0.3) is 5.91 Å². The Morgan fingerprint density at radius 3 is 2.60 bits per heavy atom. The zero-order valence-electron chi connectivity index (χ0n) is 8.96. The van der Waals surface area contributed by atoms with E-state index in [0.717, 1.165) is 11.1 Å². The Morgan fingerprint density at radius 1 is 1.40 bits per heavy atom. The Kier molecular flexibility index (Phi) is 3.44. The average Bonchev–Trinajstić information content (AvgIpc) is 2.24. The number of hydrogen-bond donors (Lipinski definition) is 1. The van der Waals surface area contributed by atoms with Gasteiger partial charge in [-0.05, 0) is 31.0 Å². The summed E-state index contributed by atoms with van der Waals surface area (Å²) >= 11 is 0. The first-order valence-corrected chi connectivity index (χ1v) is 4.50. The predicted molar refractivity (Wildman–Crippen MR) is 57.2 cm³/mol. The standard InChI is InChI=1S/C11H13NO3/c1-7-4-5-9(12-10(14)6-13)11(15-3)8(7)2/h4-6H,1-3H3,(H,12,14). The Hall–Kier alpha value is -1.84. The van der Waals surface area contributed by atoms with Gasteiger partial charge in [0, 0.05) is 0 Å². The van der Waals surface area contributed by atoms with Crippen LogP contribution < -0.4 is 10.1 Å². The zero-order valence-corrected chi connectivity index (χ0v) is 8.96. The van der Waals surface area contributed by atoms with Gasteiger partial charge in [0.05, 0.1) is 12.8 Å². The minimum atomic E-state index is -0.684. The highest BCUT2D eigenvalue weighted by molar-refractivity contribution is 6.29. The van der Waals surface area contributed by atoms with Crippen LogP contribution in [0.1, 0.15) is 11.1 Å². The molecule has 1 N–H and O–H groups in total. The number of rotatable bonds is 3. The van der Waals surface area contributed by atoms with Crippen LogP contribution in [0.25, 0.3) is 0 Å². The van der Waals surface area contributed by atoms with E-state index >= 15 is 0 Å². The van der Waals surface area contributed by atoms with E-state index in [4.69, 9.17) is 4.74 Å². The smallest absolute Gasteiger partial charge is 0.288 e. The number of amides is 1. The van der Waals surface area contributed by atoms with Crippen LogP contribution >= 0.6 is 0 Å². The summed E-state index contributed by atoms with van der Waals surface area (Å²) < 4.78 is 5.17. The molecule has 0 heterocycles. The second-order valence-corrected chi connectivity index (χ2v) is 3.20. The number of anilines is 1. The molecule has 0 radical (unpaired) electrons. The van der Waals surface area contributed by atoms with Gasteiger partial charge >= 0.3 is 0 Å². The number of aldehydes is 1. The average molecular weight is 207 g/mol. The van der Waals surface area contributed by atoms with Gasteiger partial charge in [-0.2, -0.15) is 0 Å². The van der Waals surface area contributed by atoms with Crippen LogP contribution in [0.3, 0.4) is 0 Å². The third-order valence-electron chi connectivity index (χ3n) is 2.25. The highest BCUT2D eigenvalue weighted by Crippen LogP contribution is 2.30. The molecule has 1 aromatic rings. The molecule has 0 aliphatic heterocycles. The summed E-state index contributed by atoms with van der Waals surface area (Å²) in [6.45, 7) is 3.84. The molecule has 0 fully saturated rings. The van der Waals surface area contributed by atoms with Crippen LogP contribution in [0.5, 0.6) is 5.75 Å². The van der Waals surface area contributed by atoms with E-state index in [1.165, 1.54) is 7.11 Å². The lowest BCUT2D eigenvalue weighted by molar-refractivity contribution is -0.127. The Bertz CT molecular complexity index is 399. The fourth-order valence-corrected chi connectivity index (χ4v) is 1.31. The summed E-state index contributed by atoms with van der Waals surface area (Å²) in [5.41, 5.74) is 2.52. The van der Waals surface area contributed by atoms with Gasteiger partial charge in [0.1, 0.15) is 5.75 Å². The molecule has 0 spiro atoms. The van der Waals surface area contributed by atoms with E-state index in [1.54, 1.807) is 6.07 Å². The maximum Gasteiger partial charge on any atom is 0.288 e. The fraction of sp³-hybridized carbons (Fsp3) is 0.273. The van der Waals surface area contributed by atoms with Crippen molar-refractivity contribution in [3.8, 4) is 5.75 Å². The molecule has 0 saturated heterocycles. The first-order chi connectivity index (χ1) is 7.10. The number of hydrogen-bond acceptors (Lipinski definition) is 3. The van der Waals surface area contributed by atoms with Crippen LogP contribution in [0.15, 0.2) is 12.1 Å². The summed E-state index contributed by atoms with van der Waals surface area (Å²) in [5, 5.41) is 2.45. The van der Waals surface area contributed by atoms with Gasteiger partial charge < -0.3 is 10.1 Å². The van der Waals surface area contributed by atoms with Gasteiger partial charge in [0.15, 0.2) is 0 Å². The Balaban J connectivity index is 3.13. The lowest BCUT2D eigenvalue weighted by Gasteiger charge is -2.12. The van der Waals surface area contributed by atoms with Crippen LogP contribution in [-0.4, -0.2) is 19.3 Å². The third-order valence-corrected chi connectivity index (χ3v) is 2.25. The van der Waals surface area contributed by atoms with Crippen LogP contribution in [0.2, 0.25) is 0 Å². The van der Waals surface area contributed by atoms with Crippen LogP contribution in [0, 0.1) is 13.8 Å². The summed E-state index contributed by atoms with van der Waals surface area (Å²) in [6.07, 6.45) is 0.231. The quantitative estimate of drug-likeness (QED) is 0.603. The fourth-order valence-electron chi connectivity index (χ4n) is 1.31. The molecular weight excluding hydrogens is 194 g/mol. The summed E-state index contributed by atoms with van der Waals surface area (Å²) in [6, 6.07) is 3.57. The second-order valence-electron chi connectivity index (χ2n) is 3.20. The van der Waals surface area contributed by atoms with Crippen molar-refractivity contribution >= 4 is 17.9 Å². The van der Waals surface area contributed by atoms with Crippen molar-refractivity contribution in [1.82, 2.24) is 0 Å². The number of aryl methyl sites for hydroxylation is 1. The third kappa shape index (κ3) is 2.34. The van der Waals surface area contributed by atoms with Crippen molar-refractivity contribution in [3.05, 3.63) is 23.3 Å². The van der Waals surface area contributed by atoms with E-state index in [2.05, 4.69) is 5.32 Å². The number of nitrogens with one attached hydrogen (secondary N) is 1. The zero-order chi connectivity index (χ0) is 11.4. The van der Waals surface area contributed by atoms with Gasteiger partial charge in [-0.15, -0.1) is 0 Å². The van der Waals surface area contributed by atoms with Crippen LogP contribution in [-0.2, 0) is 9.59 Å². The van der Waals surface area contributed by atoms with E-state index in [1.807, 2.05) is 19.9 Å². The molecular formula is C11H13NO3. The van der Waals surface area contributed by atoms with E-state index in [-0.39, 0.29) is 6.29 Å². The van der Waals surface area contributed by atoms with Gasteiger partial charge in [-0.1, -0.05) is 6.07 Å². The molecule has 4 heteroatoms. The summed E-state index contributed by atoms with van der Waals surface area (Å²) in [5.74, 6) is -0.0956. The highest BCUT2D eigenvalue weighted by atomic mass is 16.5. The molecule has 0 bridgehead atoms. The lowest BCUT2D eigenvalue weighted by Crippen LogP contribution is -2.13. The summed E-state index contributed by atoms with van der Waals surface area (Å²) in [7, 11) is 1.53. The van der Waals surface area contributed by atoms with Crippen molar-refractivity contribution < 1.29 is 14.3 Å². The largest absolute Gasteiger partial charge is 0.494 e. The molecule has 1 rings (SSSR count). The van der Waals surface area contributed by atoms with Crippen molar-refractivity contribution in [2.24, 2.45) is 0 Å². The first-order valence-electron chi connectivity index (χ1n) is 4.50. The lowest BCUT2D eigenvalue weighted by atomic mass is 10.1. The van der Waals surface area contributed by atoms with E-state index in [9.17, 15) is 9.59 Å². The number of carbonyl (C=O) groups excluding carboxylic acids is 2. The SMILES string of the molecule is COc1c(NC(=O)C=O)ccc(C)c1C. The van der Waals surface area contributed by atoms with E-state index in [0.29, 0.717) is 11.4 Å². The molecule has 80 valence electrons. The monoisotopic (exact) mass is 207 g/mol. The second kappa shape index (κ2) is 4.59. The maximum absolute atomic E-state index is 10.9. The molecule has 0 aliphatic carbocycles. The van der Waals surface area contributed by atoms with Gasteiger partial charge in [0.2, 0.25) is 6.29 Å². The molecule has 0 aliphatic rings. The van der Waals surface area contributed by atoms with Crippen molar-refractivity contribution in [3.63, 3.8) is 0 Å². The number of methoxy groups -OCH3 is 1. The van der Waals surface area contributed by atoms with Crippen molar-refractivity contribution in [1.29, 1.82) is 0 Å². The molecule has 15 heavy (non-hydrogen) atoms. The number of carbonyl (C=O) groups is 2.